The zero-order chi connectivity index (χ0) is 46.8. The van der Waals surface area contributed by atoms with E-state index in [-0.39, 0.29) is 0 Å². The third-order valence-corrected chi connectivity index (χ3v) is 16.1. The number of hydrogen-bond donors (Lipinski definition) is 3. The molecular weight excluding hydrogens is 857 g/mol. The number of ether oxygens (including phenoxy) is 2. The maximum Gasteiger partial charge on any atom is 0.146 e. The van der Waals surface area contributed by atoms with Gasteiger partial charge in [-0.1, -0.05) is 60.7 Å². The molecule has 0 bridgehead atoms. The minimum absolute atomic E-state index is 0.450. The van der Waals surface area contributed by atoms with Crippen LogP contribution in [-0.4, -0.2) is 67.2 Å². The molecule has 12 heteroatoms. The van der Waals surface area contributed by atoms with Crippen molar-refractivity contribution in [2.24, 2.45) is 10.8 Å². The topological polar surface area (TPSA) is 147 Å². The van der Waals surface area contributed by atoms with E-state index < -0.39 is 0 Å². The van der Waals surface area contributed by atoms with Gasteiger partial charge in [0.15, 0.2) is 0 Å². The second-order valence-electron chi connectivity index (χ2n) is 20.2. The van der Waals surface area contributed by atoms with E-state index >= 15 is 0 Å². The highest BCUT2D eigenvalue weighted by atomic mass is 16.5. The van der Waals surface area contributed by atoms with Gasteiger partial charge < -0.3 is 40.3 Å². The van der Waals surface area contributed by atoms with Crippen LogP contribution in [0.5, 0.6) is 23.0 Å². The molecule has 2 aliphatic heterocycles. The van der Waals surface area contributed by atoms with E-state index in [9.17, 15) is 0 Å². The van der Waals surface area contributed by atoms with E-state index in [0.29, 0.717) is 34.5 Å². The van der Waals surface area contributed by atoms with E-state index in [1.165, 1.54) is 90.1 Å². The average Bonchev–Trinajstić information content (AvgIpc) is 3.98. The van der Waals surface area contributed by atoms with Gasteiger partial charge in [-0.2, -0.15) is 0 Å². The number of piperidine rings is 2. The van der Waals surface area contributed by atoms with Gasteiger partial charge in [-0.15, -0.1) is 0 Å². The van der Waals surface area contributed by atoms with Crippen LogP contribution in [0.4, 0.5) is 11.6 Å². The lowest BCUT2D eigenvalue weighted by atomic mass is 9.67. The van der Waals surface area contributed by atoms with E-state index in [1.807, 2.05) is 84.9 Å². The normalized spacial score (nSPS) is 19.3. The predicted octanol–water partition coefficient (Wildman–Crippen LogP) is 12.3. The maximum absolute atomic E-state index is 6.40. The van der Waals surface area contributed by atoms with Crippen molar-refractivity contribution in [3.8, 4) is 45.3 Å². The van der Waals surface area contributed by atoms with Crippen LogP contribution in [0.2, 0.25) is 0 Å². The Morgan fingerprint density at radius 1 is 0.493 bits per heavy atom. The lowest BCUT2D eigenvalue weighted by Crippen LogP contribution is -2.40. The first kappa shape index (κ1) is 44.7. The fourth-order valence-electron chi connectivity index (χ4n) is 11.9. The van der Waals surface area contributed by atoms with Crippen LogP contribution in [0.15, 0.2) is 134 Å². The van der Waals surface area contributed by atoms with Crippen LogP contribution in [0.25, 0.3) is 44.3 Å². The van der Waals surface area contributed by atoms with Crippen LogP contribution in [0, 0.1) is 10.8 Å². The lowest BCUT2D eigenvalue weighted by Gasteiger charge is -2.45. The number of nitrogens with zero attached hydrogens (tertiary/aromatic N) is 7. The molecule has 4 fully saturated rings. The summed E-state index contributed by atoms with van der Waals surface area (Å²) >= 11 is 0. The first-order chi connectivity index (χ1) is 33.8. The number of nitrogens with two attached hydrogens (primary N) is 2. The van der Waals surface area contributed by atoms with Gasteiger partial charge in [0, 0.05) is 35.6 Å². The van der Waals surface area contributed by atoms with Gasteiger partial charge >= 0.3 is 0 Å². The summed E-state index contributed by atoms with van der Waals surface area (Å²) in [5.41, 5.74) is 20.1. The molecule has 69 heavy (non-hydrogen) atoms. The highest BCUT2D eigenvalue weighted by Gasteiger charge is 2.39. The molecule has 6 heterocycles. The molecule has 4 aromatic heterocycles. The third-order valence-electron chi connectivity index (χ3n) is 16.1. The third kappa shape index (κ3) is 9.40. The SMILES string of the molecule is CN1CCC2(CCC(n3cc(-c4ccc(Oc5ccccc5)cc4)c4c(N)ncnc43)CC2)CC1.Nc1ncnc2c1c(-c1ccc(Oc3ccccc3)cc1)cn2C1CCC2(CCNCC2)CC1. The largest absolute Gasteiger partial charge is 0.457 e. The predicted molar refractivity (Wildman–Crippen MR) is 276 cm³/mol. The van der Waals surface area contributed by atoms with Crippen LogP contribution in [-0.2, 0) is 0 Å². The molecule has 12 nitrogen and oxygen atoms in total. The zero-order valence-corrected chi connectivity index (χ0v) is 39.8. The summed E-state index contributed by atoms with van der Waals surface area (Å²) < 4.78 is 16.7. The summed E-state index contributed by atoms with van der Waals surface area (Å²) in [6, 6.07) is 37.0. The summed E-state index contributed by atoms with van der Waals surface area (Å²) in [5, 5.41) is 5.42. The van der Waals surface area contributed by atoms with Gasteiger partial charge in [-0.05, 0) is 181 Å². The maximum atomic E-state index is 6.40. The van der Waals surface area contributed by atoms with E-state index in [2.05, 4.69) is 78.0 Å². The Morgan fingerprint density at radius 2 is 0.884 bits per heavy atom. The van der Waals surface area contributed by atoms with Crippen molar-refractivity contribution in [1.82, 2.24) is 39.3 Å². The molecule has 354 valence electrons. The average molecular weight is 921 g/mol. The number of nitrogens with one attached hydrogen (secondary N) is 1. The minimum atomic E-state index is 0.450. The van der Waals surface area contributed by atoms with Crippen molar-refractivity contribution in [2.75, 3.05) is 44.7 Å². The first-order valence-corrected chi connectivity index (χ1v) is 25.1. The molecule has 5 N–H and O–H groups in total. The smallest absolute Gasteiger partial charge is 0.146 e. The van der Waals surface area contributed by atoms with Gasteiger partial charge in [0.25, 0.3) is 0 Å². The molecule has 2 aliphatic carbocycles. The fraction of sp³-hybridized carbons (Fsp3) is 0.368. The Balaban J connectivity index is 0.000000151. The van der Waals surface area contributed by atoms with Crippen molar-refractivity contribution in [1.29, 1.82) is 0 Å². The van der Waals surface area contributed by atoms with Crippen molar-refractivity contribution in [3.63, 3.8) is 0 Å². The number of nitrogen functional groups attached to an aromatic ring is 2. The van der Waals surface area contributed by atoms with Gasteiger partial charge in [-0.25, -0.2) is 19.9 Å². The Labute approximate surface area is 405 Å². The molecule has 12 rings (SSSR count). The number of hydrogen-bond acceptors (Lipinski definition) is 10. The number of rotatable bonds is 8. The number of anilines is 2. The summed E-state index contributed by atoms with van der Waals surface area (Å²) in [5.74, 6) is 4.35. The number of fused-ring (bicyclic) bond motifs is 2. The molecule has 2 spiro atoms. The summed E-state index contributed by atoms with van der Waals surface area (Å²) in [6.45, 7) is 4.79. The molecular formula is C57H64N10O2. The molecule has 0 unspecified atom stereocenters. The van der Waals surface area contributed by atoms with Crippen molar-refractivity contribution in [2.45, 2.75) is 89.1 Å². The zero-order valence-electron chi connectivity index (χ0n) is 39.8. The minimum Gasteiger partial charge on any atom is -0.457 e. The number of likely N-dealkylation sites (tertiary alicyclic amines) is 1. The van der Waals surface area contributed by atoms with Gasteiger partial charge in [0.1, 0.15) is 58.6 Å². The molecule has 0 amide bonds. The standard InChI is InChI=1S/C29H33N5O.C28H31N5O/c1-33-17-15-29(16-18-33)13-11-22(12-14-29)34-19-25(26-27(30)31-20-32-28(26)34)21-7-9-24(10-8-21)35-23-5-3-2-4-6-23;29-26-25-24(20-6-8-23(9-7-20)34-22-4-2-1-3-5-22)18-33(27(25)32-19-31-26)21-10-12-28(13-11-21)14-16-30-17-15-28/h2-10,19-20,22H,11-18H2,1H3,(H2,30,31,32);1-9,18-19,21,30H,10-17H2,(H2,29,31,32). The van der Waals surface area contributed by atoms with Crippen molar-refractivity contribution >= 4 is 33.7 Å². The lowest BCUT2D eigenvalue weighted by molar-refractivity contribution is 0.0652. The van der Waals surface area contributed by atoms with E-state index in [1.54, 1.807) is 12.7 Å². The van der Waals surface area contributed by atoms with Gasteiger partial charge in [0.2, 0.25) is 0 Å². The Kier molecular flexibility index (Phi) is 12.5. The first-order valence-electron chi connectivity index (χ1n) is 25.1. The van der Waals surface area contributed by atoms with Crippen LogP contribution >= 0.6 is 0 Å². The van der Waals surface area contributed by atoms with E-state index in [4.69, 9.17) is 25.9 Å². The number of aromatic nitrogens is 6. The molecule has 2 saturated heterocycles. The Bertz CT molecular complexity index is 2970. The van der Waals surface area contributed by atoms with Crippen LogP contribution < -0.4 is 26.3 Å². The fourth-order valence-corrected chi connectivity index (χ4v) is 11.9. The second kappa shape index (κ2) is 19.3. The van der Waals surface area contributed by atoms with Crippen LogP contribution in [0.3, 0.4) is 0 Å². The number of benzene rings is 4. The molecule has 8 aromatic rings. The Hall–Kier alpha value is -6.76. The molecule has 2 saturated carbocycles. The quantitative estimate of drug-likeness (QED) is 0.135. The second-order valence-corrected chi connectivity index (χ2v) is 20.2. The monoisotopic (exact) mass is 921 g/mol. The highest BCUT2D eigenvalue weighted by molar-refractivity contribution is 6.01. The van der Waals surface area contributed by atoms with Gasteiger partial charge in [0.05, 0.1) is 10.8 Å². The summed E-state index contributed by atoms with van der Waals surface area (Å²) in [7, 11) is 2.25. The van der Waals surface area contributed by atoms with Crippen LogP contribution in [0.1, 0.15) is 89.1 Å². The highest BCUT2D eigenvalue weighted by Crippen LogP contribution is 2.50. The molecule has 4 aliphatic rings. The number of para-hydroxylation sites is 2. The summed E-state index contributed by atoms with van der Waals surface area (Å²) in [6.07, 6.45) is 22.9. The van der Waals surface area contributed by atoms with E-state index in [0.717, 1.165) is 80.4 Å². The van der Waals surface area contributed by atoms with Crippen molar-refractivity contribution < 1.29 is 9.47 Å². The summed E-state index contributed by atoms with van der Waals surface area (Å²) in [4.78, 5) is 20.5. The molecule has 0 atom stereocenters. The Morgan fingerprint density at radius 3 is 1.30 bits per heavy atom. The molecule has 4 aromatic carbocycles. The van der Waals surface area contributed by atoms with Gasteiger partial charge in [-0.3, -0.25) is 0 Å². The molecule has 0 radical (unpaired) electrons. The van der Waals surface area contributed by atoms with Crippen molar-refractivity contribution in [3.05, 3.63) is 134 Å².